The number of hydrogen-bond donors (Lipinski definition) is 2. The van der Waals surface area contributed by atoms with Gasteiger partial charge in [-0.1, -0.05) is 20.8 Å². The molecule has 1 saturated heterocycles. The molecule has 0 aromatic rings. The molecule has 148 valence electrons. The third-order valence-electron chi connectivity index (χ3n) is 4.02. The van der Waals surface area contributed by atoms with E-state index in [0.29, 0.717) is 38.7 Å². The monoisotopic (exact) mass is 488 g/mol. The number of carbonyl (C=O) groups is 1. The average molecular weight is 488 g/mol. The minimum Gasteiger partial charge on any atom is -0.357 e. The van der Waals surface area contributed by atoms with Crippen molar-refractivity contribution >= 4 is 45.7 Å². The van der Waals surface area contributed by atoms with Crippen LogP contribution in [0.4, 0.5) is 0 Å². The Labute approximate surface area is 169 Å². The fraction of sp³-hybridized carbons (Fsp3) is 0.875. The molecule has 0 aromatic heterocycles. The molecule has 1 amide bonds. The standard InChI is InChI=1S/C16H32N4O3S.HI/c1-7-17-14(19-9-8-18-13(21)15(2,3)4)20-10-11-24(22,23)16(5,6)12-20;/h7-12H2,1-6H3,(H,17,19)(H,18,21);1H. The first-order chi connectivity index (χ1) is 10.9. The second-order valence-corrected chi connectivity index (χ2v) is 10.5. The number of nitrogens with zero attached hydrogens (tertiary/aromatic N) is 2. The highest BCUT2D eigenvalue weighted by atomic mass is 127. The normalized spacial score (nSPS) is 19.8. The SMILES string of the molecule is CCNC(=NCCNC(=O)C(C)(C)C)N1CCS(=O)(=O)C(C)(C)C1.I. The number of sulfone groups is 1. The van der Waals surface area contributed by atoms with Gasteiger partial charge in [-0.15, -0.1) is 24.0 Å². The Hall–Kier alpha value is -0.580. The van der Waals surface area contributed by atoms with E-state index in [4.69, 9.17) is 0 Å². The number of rotatable bonds is 4. The molecule has 7 nitrogen and oxygen atoms in total. The van der Waals surface area contributed by atoms with Gasteiger partial charge in [0.2, 0.25) is 5.91 Å². The highest BCUT2D eigenvalue weighted by molar-refractivity contribution is 14.0. The van der Waals surface area contributed by atoms with Gasteiger partial charge < -0.3 is 15.5 Å². The fourth-order valence-corrected chi connectivity index (χ4v) is 3.71. The molecule has 0 saturated carbocycles. The number of amides is 1. The van der Waals surface area contributed by atoms with E-state index in [0.717, 1.165) is 0 Å². The summed E-state index contributed by atoms with van der Waals surface area (Å²) in [6, 6.07) is 0. The molecule has 9 heteroatoms. The van der Waals surface area contributed by atoms with Crippen molar-refractivity contribution in [3.05, 3.63) is 0 Å². The van der Waals surface area contributed by atoms with Crippen LogP contribution in [0.25, 0.3) is 0 Å². The summed E-state index contributed by atoms with van der Waals surface area (Å²) in [6.45, 7) is 13.5. The molecule has 1 aliphatic rings. The van der Waals surface area contributed by atoms with E-state index >= 15 is 0 Å². The molecule has 0 radical (unpaired) electrons. The summed E-state index contributed by atoms with van der Waals surface area (Å²) in [4.78, 5) is 18.3. The number of guanidine groups is 1. The van der Waals surface area contributed by atoms with Crippen LogP contribution in [0.2, 0.25) is 0 Å². The summed E-state index contributed by atoms with van der Waals surface area (Å²) in [5, 5.41) is 6.07. The molecule has 1 fully saturated rings. The first kappa shape index (κ1) is 24.4. The van der Waals surface area contributed by atoms with Crippen molar-refractivity contribution in [3.8, 4) is 0 Å². The van der Waals surface area contributed by atoms with Gasteiger partial charge >= 0.3 is 0 Å². The van der Waals surface area contributed by atoms with Gasteiger partial charge in [0.25, 0.3) is 0 Å². The van der Waals surface area contributed by atoms with E-state index in [1.165, 1.54) is 0 Å². The lowest BCUT2D eigenvalue weighted by molar-refractivity contribution is -0.128. The number of hydrogen-bond acceptors (Lipinski definition) is 4. The molecule has 2 N–H and O–H groups in total. The van der Waals surface area contributed by atoms with E-state index in [2.05, 4.69) is 15.6 Å². The topological polar surface area (TPSA) is 90.9 Å². The zero-order valence-electron chi connectivity index (χ0n) is 16.2. The third kappa shape index (κ3) is 6.92. The molecule has 0 atom stereocenters. The van der Waals surface area contributed by atoms with Crippen molar-refractivity contribution in [1.82, 2.24) is 15.5 Å². The lowest BCUT2D eigenvalue weighted by atomic mass is 9.96. The van der Waals surface area contributed by atoms with Crippen molar-refractivity contribution in [2.45, 2.75) is 46.3 Å². The van der Waals surface area contributed by atoms with Crippen molar-refractivity contribution < 1.29 is 13.2 Å². The predicted octanol–water partition coefficient (Wildman–Crippen LogP) is 1.24. The van der Waals surface area contributed by atoms with Crippen LogP contribution in [0.3, 0.4) is 0 Å². The highest BCUT2D eigenvalue weighted by Crippen LogP contribution is 2.23. The van der Waals surface area contributed by atoms with Gasteiger partial charge in [0, 0.05) is 31.6 Å². The van der Waals surface area contributed by atoms with Crippen LogP contribution < -0.4 is 10.6 Å². The molecule has 0 unspecified atom stereocenters. The van der Waals surface area contributed by atoms with Crippen molar-refractivity contribution in [1.29, 1.82) is 0 Å². The Kier molecular flexibility index (Phi) is 9.17. The molecular formula is C16H33IN4O3S. The van der Waals surface area contributed by atoms with Crippen LogP contribution >= 0.6 is 24.0 Å². The van der Waals surface area contributed by atoms with Crippen molar-refractivity contribution in [2.75, 3.05) is 38.5 Å². The molecule has 0 aromatic carbocycles. The number of carbonyl (C=O) groups excluding carboxylic acids is 1. The van der Waals surface area contributed by atoms with Crippen molar-refractivity contribution in [2.24, 2.45) is 10.4 Å². The highest BCUT2D eigenvalue weighted by Gasteiger charge is 2.40. The van der Waals surface area contributed by atoms with E-state index < -0.39 is 20.0 Å². The summed E-state index contributed by atoms with van der Waals surface area (Å²) < 4.78 is 23.5. The average Bonchev–Trinajstić information content (AvgIpc) is 2.44. The molecule has 1 aliphatic heterocycles. The van der Waals surface area contributed by atoms with Crippen LogP contribution in [0.15, 0.2) is 4.99 Å². The first-order valence-corrected chi connectivity index (χ1v) is 10.1. The van der Waals surface area contributed by atoms with Gasteiger partial charge in [0.1, 0.15) is 0 Å². The van der Waals surface area contributed by atoms with E-state index in [-0.39, 0.29) is 35.6 Å². The molecule has 1 heterocycles. The summed E-state index contributed by atoms with van der Waals surface area (Å²) in [5.74, 6) is 0.823. The Morgan fingerprint density at radius 2 is 1.84 bits per heavy atom. The maximum Gasteiger partial charge on any atom is 0.225 e. The van der Waals surface area contributed by atoms with Gasteiger partial charge in [-0.25, -0.2) is 8.42 Å². The Bertz CT molecular complexity index is 583. The Balaban J connectivity index is 0.00000576. The zero-order valence-corrected chi connectivity index (χ0v) is 19.3. The quantitative estimate of drug-likeness (QED) is 0.269. The van der Waals surface area contributed by atoms with E-state index in [9.17, 15) is 13.2 Å². The molecule has 1 rings (SSSR count). The molecule has 0 spiro atoms. The van der Waals surface area contributed by atoms with Crippen LogP contribution in [0.5, 0.6) is 0 Å². The summed E-state index contributed by atoms with van der Waals surface area (Å²) in [7, 11) is -3.08. The predicted molar refractivity (Wildman–Crippen MR) is 113 cm³/mol. The van der Waals surface area contributed by atoms with Gasteiger partial charge in [0.15, 0.2) is 15.8 Å². The molecule has 25 heavy (non-hydrogen) atoms. The molecule has 0 bridgehead atoms. The Morgan fingerprint density at radius 1 is 1.24 bits per heavy atom. The lowest BCUT2D eigenvalue weighted by Crippen LogP contribution is -2.57. The maximum absolute atomic E-state index is 12.1. The smallest absolute Gasteiger partial charge is 0.225 e. The van der Waals surface area contributed by atoms with Crippen molar-refractivity contribution in [3.63, 3.8) is 0 Å². The Morgan fingerprint density at radius 3 is 2.32 bits per heavy atom. The van der Waals surface area contributed by atoms with Gasteiger partial charge in [-0.05, 0) is 20.8 Å². The van der Waals surface area contributed by atoms with Gasteiger partial charge in [0.05, 0.1) is 17.0 Å². The van der Waals surface area contributed by atoms with Crippen LogP contribution in [0, 0.1) is 5.41 Å². The van der Waals surface area contributed by atoms with E-state index in [1.54, 1.807) is 13.8 Å². The van der Waals surface area contributed by atoms with Crippen LogP contribution in [-0.2, 0) is 14.6 Å². The number of aliphatic imine (C=N–C) groups is 1. The second-order valence-electron chi connectivity index (χ2n) is 7.74. The third-order valence-corrected chi connectivity index (χ3v) is 6.55. The largest absolute Gasteiger partial charge is 0.357 e. The number of nitrogens with one attached hydrogen (secondary N) is 2. The second kappa shape index (κ2) is 9.38. The van der Waals surface area contributed by atoms with Gasteiger partial charge in [-0.2, -0.15) is 0 Å². The summed E-state index contributed by atoms with van der Waals surface area (Å²) >= 11 is 0. The lowest BCUT2D eigenvalue weighted by Gasteiger charge is -2.39. The maximum atomic E-state index is 12.1. The summed E-state index contributed by atoms with van der Waals surface area (Å²) in [6.07, 6.45) is 0. The molecular weight excluding hydrogens is 455 g/mol. The first-order valence-electron chi connectivity index (χ1n) is 8.44. The zero-order chi connectivity index (χ0) is 18.6. The molecule has 0 aliphatic carbocycles. The summed E-state index contributed by atoms with van der Waals surface area (Å²) in [5.41, 5.74) is -0.417. The van der Waals surface area contributed by atoms with Crippen LogP contribution in [0.1, 0.15) is 41.5 Å². The fourth-order valence-electron chi connectivity index (χ4n) is 2.35. The number of halogens is 1. The van der Waals surface area contributed by atoms with Crippen LogP contribution in [-0.4, -0.2) is 68.4 Å². The minimum atomic E-state index is -3.08. The van der Waals surface area contributed by atoms with Gasteiger partial charge in [-0.3, -0.25) is 9.79 Å². The minimum absolute atomic E-state index is 0. The van der Waals surface area contributed by atoms with E-state index in [1.807, 2.05) is 32.6 Å².